The SMILES string of the molecule is CN(C)CN(C)c1ccc2c(c1)C(=O)OC2(c1cccc(-c2ccccc2N(C)C)c1N(C)C)c1cccc(-c2ccccc2N(C)C)c1N(C)C. The normalized spacial score (nSPS) is 13.1. The minimum absolute atomic E-state index is 0.345. The molecule has 0 aliphatic carbocycles. The van der Waals surface area contributed by atoms with Crippen LogP contribution in [0.5, 0.6) is 0 Å². The Bertz CT molecular complexity index is 1990. The second-order valence-electron chi connectivity index (χ2n) is 14.7. The number of carbonyl (C=O) groups is 1. The van der Waals surface area contributed by atoms with Crippen LogP contribution in [0.3, 0.4) is 0 Å². The number of anilines is 5. The number of fused-ring (bicyclic) bond motifs is 1. The number of rotatable bonds is 11. The van der Waals surface area contributed by atoms with Crippen LogP contribution in [0.2, 0.25) is 0 Å². The first kappa shape index (κ1) is 36.3. The lowest BCUT2D eigenvalue weighted by atomic mass is 9.75. The molecule has 8 nitrogen and oxygen atoms in total. The molecule has 5 aromatic carbocycles. The molecule has 0 amide bonds. The Labute approximate surface area is 310 Å². The van der Waals surface area contributed by atoms with E-state index in [1.54, 1.807) is 0 Å². The third kappa shape index (κ3) is 6.21. The summed E-state index contributed by atoms with van der Waals surface area (Å²) in [5.74, 6) is -0.345. The van der Waals surface area contributed by atoms with Crippen molar-refractivity contribution < 1.29 is 9.53 Å². The summed E-state index contributed by atoms with van der Waals surface area (Å²) in [5.41, 5.74) is 11.3. The molecule has 5 aromatic rings. The quantitative estimate of drug-likeness (QED) is 0.103. The summed E-state index contributed by atoms with van der Waals surface area (Å²) in [7, 11) is 22.7. The van der Waals surface area contributed by atoms with Crippen LogP contribution in [-0.4, -0.2) is 95.1 Å². The lowest BCUT2D eigenvalue weighted by molar-refractivity contribution is 0.0254. The lowest BCUT2D eigenvalue weighted by Crippen LogP contribution is -2.34. The van der Waals surface area contributed by atoms with Crippen LogP contribution in [0.1, 0.15) is 27.0 Å². The molecule has 0 saturated heterocycles. The van der Waals surface area contributed by atoms with Crippen molar-refractivity contribution in [2.75, 3.05) is 109 Å². The van der Waals surface area contributed by atoms with Gasteiger partial charge in [0.2, 0.25) is 0 Å². The van der Waals surface area contributed by atoms with Crippen LogP contribution in [-0.2, 0) is 10.3 Å². The highest BCUT2D eigenvalue weighted by Crippen LogP contribution is 2.56. The molecule has 6 rings (SSSR count). The zero-order valence-electron chi connectivity index (χ0n) is 32.5. The largest absolute Gasteiger partial charge is 0.440 e. The van der Waals surface area contributed by atoms with Crippen molar-refractivity contribution in [3.05, 3.63) is 125 Å². The van der Waals surface area contributed by atoms with Crippen molar-refractivity contribution in [1.29, 1.82) is 0 Å². The van der Waals surface area contributed by atoms with E-state index in [9.17, 15) is 4.79 Å². The minimum atomic E-state index is -1.28. The van der Waals surface area contributed by atoms with Crippen LogP contribution >= 0.6 is 0 Å². The Morgan fingerprint density at radius 2 is 0.942 bits per heavy atom. The van der Waals surface area contributed by atoms with Crippen LogP contribution in [0.25, 0.3) is 22.3 Å². The maximum atomic E-state index is 14.5. The molecule has 0 fully saturated rings. The number of hydrogen-bond acceptors (Lipinski definition) is 8. The number of carbonyl (C=O) groups excluding carboxylic acids is 1. The summed E-state index contributed by atoms with van der Waals surface area (Å²) in [6.45, 7) is 0.704. The summed E-state index contributed by atoms with van der Waals surface area (Å²) in [5, 5.41) is 0. The molecule has 52 heavy (non-hydrogen) atoms. The van der Waals surface area contributed by atoms with Gasteiger partial charge >= 0.3 is 5.97 Å². The van der Waals surface area contributed by atoms with Gasteiger partial charge in [0.1, 0.15) is 0 Å². The topological polar surface area (TPSA) is 45.7 Å². The third-order valence-corrected chi connectivity index (χ3v) is 9.86. The van der Waals surface area contributed by atoms with Gasteiger partial charge in [-0.1, -0.05) is 78.9 Å². The highest BCUT2D eigenvalue weighted by atomic mass is 16.6. The number of cyclic esters (lactones) is 1. The summed E-state index contributed by atoms with van der Waals surface area (Å²) in [6.07, 6.45) is 0. The highest BCUT2D eigenvalue weighted by Gasteiger charge is 2.52. The Morgan fingerprint density at radius 3 is 1.38 bits per heavy atom. The van der Waals surface area contributed by atoms with E-state index in [-0.39, 0.29) is 5.97 Å². The van der Waals surface area contributed by atoms with E-state index in [4.69, 9.17) is 4.74 Å². The number of nitrogens with zero attached hydrogens (tertiary/aromatic N) is 6. The van der Waals surface area contributed by atoms with Crippen molar-refractivity contribution in [2.45, 2.75) is 5.60 Å². The molecule has 0 N–H and O–H groups in total. The minimum Gasteiger partial charge on any atom is -0.440 e. The van der Waals surface area contributed by atoms with E-state index in [1.165, 1.54) is 0 Å². The summed E-state index contributed by atoms with van der Waals surface area (Å²) < 4.78 is 6.98. The van der Waals surface area contributed by atoms with Gasteiger partial charge in [-0.3, -0.25) is 4.90 Å². The van der Waals surface area contributed by atoms with Crippen molar-refractivity contribution in [3.63, 3.8) is 0 Å². The van der Waals surface area contributed by atoms with Gasteiger partial charge in [0.15, 0.2) is 5.60 Å². The maximum Gasteiger partial charge on any atom is 0.340 e. The van der Waals surface area contributed by atoms with Gasteiger partial charge in [-0.25, -0.2) is 4.79 Å². The van der Waals surface area contributed by atoms with Crippen LogP contribution in [0, 0.1) is 0 Å². The molecule has 8 heteroatoms. The van der Waals surface area contributed by atoms with Gasteiger partial charge in [-0.05, 0) is 38.4 Å². The molecule has 1 aliphatic heterocycles. The van der Waals surface area contributed by atoms with E-state index in [0.29, 0.717) is 12.2 Å². The van der Waals surface area contributed by atoms with Crippen LogP contribution in [0.15, 0.2) is 103 Å². The van der Waals surface area contributed by atoms with Gasteiger partial charge in [0.05, 0.1) is 23.6 Å². The average molecular weight is 697 g/mol. The van der Waals surface area contributed by atoms with Crippen molar-refractivity contribution in [2.24, 2.45) is 0 Å². The first-order chi connectivity index (χ1) is 24.8. The molecule has 1 aliphatic rings. The van der Waals surface area contributed by atoms with Gasteiger partial charge < -0.3 is 29.2 Å². The summed E-state index contributed by atoms with van der Waals surface area (Å²) in [6, 6.07) is 35.9. The third-order valence-electron chi connectivity index (χ3n) is 9.86. The molecule has 0 spiro atoms. The molecule has 0 radical (unpaired) electrons. The first-order valence-corrected chi connectivity index (χ1v) is 17.7. The van der Waals surface area contributed by atoms with E-state index < -0.39 is 5.60 Å². The van der Waals surface area contributed by atoms with Crippen molar-refractivity contribution in [3.8, 4) is 22.3 Å². The molecule has 0 saturated carbocycles. The van der Waals surface area contributed by atoms with Crippen molar-refractivity contribution >= 4 is 34.4 Å². The van der Waals surface area contributed by atoms with E-state index in [0.717, 1.165) is 67.4 Å². The molecule has 0 unspecified atom stereocenters. The Morgan fingerprint density at radius 1 is 0.481 bits per heavy atom. The predicted molar refractivity (Wildman–Crippen MR) is 220 cm³/mol. The predicted octanol–water partition coefficient (Wildman–Crippen LogP) is 7.70. The maximum absolute atomic E-state index is 14.5. The number of para-hydroxylation sites is 4. The van der Waals surface area contributed by atoms with E-state index >= 15 is 0 Å². The standard InChI is InChI=1S/C44H52N6O2/c1-45(2)29-50(11)30-26-27-36-35(28-30)43(51)52-44(36,37-22-16-20-33(41(37)48(7)8)31-18-12-14-24-39(31)46(3)4)38-23-17-21-34(42(38)49(9)10)32-19-13-15-25-40(32)47(5)6/h12-28H,29H2,1-11H3. The number of benzene rings is 5. The lowest BCUT2D eigenvalue weighted by Gasteiger charge is -2.38. The fraction of sp³-hybridized carbons (Fsp3) is 0.295. The average Bonchev–Trinajstić information content (AvgIpc) is 3.42. The summed E-state index contributed by atoms with van der Waals surface area (Å²) in [4.78, 5) is 27.3. The molecule has 0 bridgehead atoms. The number of hydrogen-bond donors (Lipinski definition) is 0. The number of esters is 1. The molecule has 1 heterocycles. The van der Waals surface area contributed by atoms with Gasteiger partial charge in [-0.2, -0.15) is 0 Å². The number of ether oxygens (including phenoxy) is 1. The van der Waals surface area contributed by atoms with Crippen LogP contribution in [0.4, 0.5) is 28.4 Å². The molecule has 0 atom stereocenters. The summed E-state index contributed by atoms with van der Waals surface area (Å²) >= 11 is 0. The Kier molecular flexibility index (Phi) is 9.97. The van der Waals surface area contributed by atoms with E-state index in [2.05, 4.69) is 183 Å². The zero-order chi connectivity index (χ0) is 37.5. The van der Waals surface area contributed by atoms with Gasteiger partial charge in [-0.15, -0.1) is 0 Å². The second-order valence-corrected chi connectivity index (χ2v) is 14.7. The Hall–Kier alpha value is -5.47. The van der Waals surface area contributed by atoms with E-state index in [1.807, 2.05) is 27.2 Å². The molecular formula is C44H52N6O2. The molecule has 0 aromatic heterocycles. The zero-order valence-corrected chi connectivity index (χ0v) is 32.5. The Balaban J connectivity index is 1.75. The van der Waals surface area contributed by atoms with Crippen molar-refractivity contribution in [1.82, 2.24) is 4.90 Å². The van der Waals surface area contributed by atoms with Gasteiger partial charge in [0, 0.05) is 119 Å². The first-order valence-electron chi connectivity index (χ1n) is 17.7. The second kappa shape index (κ2) is 14.3. The highest BCUT2D eigenvalue weighted by molar-refractivity contribution is 6.00. The molecular weight excluding hydrogens is 645 g/mol. The fourth-order valence-electron chi connectivity index (χ4n) is 7.78. The van der Waals surface area contributed by atoms with Gasteiger partial charge in [0.25, 0.3) is 0 Å². The fourth-order valence-corrected chi connectivity index (χ4v) is 7.78. The monoisotopic (exact) mass is 696 g/mol. The molecule has 270 valence electrons. The smallest absolute Gasteiger partial charge is 0.340 e. The van der Waals surface area contributed by atoms with Crippen LogP contribution < -0.4 is 24.5 Å².